The van der Waals surface area contributed by atoms with E-state index in [9.17, 15) is 8.42 Å². The van der Waals surface area contributed by atoms with Gasteiger partial charge in [0.25, 0.3) is 0 Å². The van der Waals surface area contributed by atoms with Crippen LogP contribution in [-0.4, -0.2) is 53.4 Å². The minimum absolute atomic E-state index is 0.0436. The zero-order chi connectivity index (χ0) is 14.8. The van der Waals surface area contributed by atoms with E-state index < -0.39 is 9.84 Å². The molecule has 8 heteroatoms. The standard InChI is InChI=1S/C12H18N4O3S/c1-9-8-20(18,19)6-5-16(9)7-10-3-2-4-14-11(10)12(13)15-17/h2-4,9,17H,5-8H2,1H3,(H2,13,15). The lowest BCUT2D eigenvalue weighted by atomic mass is 10.1. The highest BCUT2D eigenvalue weighted by Gasteiger charge is 2.28. The molecular formula is C12H18N4O3S. The first kappa shape index (κ1) is 14.7. The van der Waals surface area contributed by atoms with Crippen LogP contribution in [-0.2, 0) is 16.4 Å². The van der Waals surface area contributed by atoms with Gasteiger partial charge in [0.05, 0.1) is 11.5 Å². The Hall–Kier alpha value is -1.67. The third kappa shape index (κ3) is 3.26. The predicted octanol–water partition coefficient (Wildman–Crippen LogP) is -0.205. The van der Waals surface area contributed by atoms with Crippen molar-refractivity contribution in [3.05, 3.63) is 29.6 Å². The van der Waals surface area contributed by atoms with Gasteiger partial charge in [-0.05, 0) is 18.6 Å². The Bertz CT molecular complexity index is 615. The second kappa shape index (κ2) is 5.76. The quantitative estimate of drug-likeness (QED) is 0.346. The van der Waals surface area contributed by atoms with Crippen molar-refractivity contribution in [2.24, 2.45) is 10.9 Å². The summed E-state index contributed by atoms with van der Waals surface area (Å²) in [4.78, 5) is 6.17. The van der Waals surface area contributed by atoms with Gasteiger partial charge in [0.2, 0.25) is 0 Å². The lowest BCUT2D eigenvalue weighted by molar-refractivity contribution is 0.217. The summed E-state index contributed by atoms with van der Waals surface area (Å²) in [7, 11) is -2.93. The molecule has 1 aromatic rings. The first-order chi connectivity index (χ1) is 9.43. The normalized spacial score (nSPS) is 23.6. The average Bonchev–Trinajstić information content (AvgIpc) is 2.41. The van der Waals surface area contributed by atoms with Crippen LogP contribution in [0.15, 0.2) is 23.5 Å². The monoisotopic (exact) mass is 298 g/mol. The number of hydrogen-bond acceptors (Lipinski definition) is 6. The molecule has 1 saturated heterocycles. The Balaban J connectivity index is 2.19. The van der Waals surface area contributed by atoms with Crippen molar-refractivity contribution in [1.82, 2.24) is 9.88 Å². The lowest BCUT2D eigenvalue weighted by Gasteiger charge is -2.33. The largest absolute Gasteiger partial charge is 0.409 e. The maximum atomic E-state index is 11.6. The van der Waals surface area contributed by atoms with Gasteiger partial charge in [0.1, 0.15) is 5.69 Å². The molecule has 1 aliphatic heterocycles. The maximum absolute atomic E-state index is 11.6. The average molecular weight is 298 g/mol. The highest BCUT2D eigenvalue weighted by atomic mass is 32.2. The number of rotatable bonds is 3. The smallest absolute Gasteiger partial charge is 0.189 e. The molecule has 1 atom stereocenters. The van der Waals surface area contributed by atoms with Crippen LogP contribution in [0, 0.1) is 0 Å². The van der Waals surface area contributed by atoms with Crippen molar-refractivity contribution >= 4 is 15.7 Å². The van der Waals surface area contributed by atoms with Gasteiger partial charge in [-0.2, -0.15) is 0 Å². The van der Waals surface area contributed by atoms with Crippen molar-refractivity contribution in [2.45, 2.75) is 19.5 Å². The third-order valence-corrected chi connectivity index (χ3v) is 5.22. The number of nitrogens with two attached hydrogens (primary N) is 1. The van der Waals surface area contributed by atoms with Crippen LogP contribution >= 0.6 is 0 Å². The third-order valence-electron chi connectivity index (χ3n) is 3.42. The van der Waals surface area contributed by atoms with Crippen molar-refractivity contribution in [1.29, 1.82) is 0 Å². The number of oxime groups is 1. The van der Waals surface area contributed by atoms with Crippen LogP contribution in [0.1, 0.15) is 18.2 Å². The molecule has 20 heavy (non-hydrogen) atoms. The van der Waals surface area contributed by atoms with Gasteiger partial charge in [-0.25, -0.2) is 8.42 Å². The lowest BCUT2D eigenvalue weighted by Crippen LogP contribution is -2.46. The fourth-order valence-corrected chi connectivity index (χ4v) is 3.96. The molecule has 0 radical (unpaired) electrons. The summed E-state index contributed by atoms with van der Waals surface area (Å²) < 4.78 is 23.1. The Kier molecular flexibility index (Phi) is 4.24. The van der Waals surface area contributed by atoms with Gasteiger partial charge >= 0.3 is 0 Å². The molecule has 1 unspecified atom stereocenters. The van der Waals surface area contributed by atoms with Crippen LogP contribution in [0.5, 0.6) is 0 Å². The first-order valence-corrected chi connectivity index (χ1v) is 8.11. The van der Waals surface area contributed by atoms with E-state index in [0.29, 0.717) is 18.8 Å². The summed E-state index contributed by atoms with van der Waals surface area (Å²) in [5.41, 5.74) is 6.84. The van der Waals surface area contributed by atoms with E-state index in [2.05, 4.69) is 15.0 Å². The molecule has 2 rings (SSSR count). The van der Waals surface area contributed by atoms with E-state index in [1.807, 2.05) is 13.0 Å². The van der Waals surface area contributed by atoms with Gasteiger partial charge < -0.3 is 10.9 Å². The fraction of sp³-hybridized carbons (Fsp3) is 0.500. The second-order valence-corrected chi connectivity index (χ2v) is 7.16. The van der Waals surface area contributed by atoms with Crippen molar-refractivity contribution < 1.29 is 13.6 Å². The minimum atomic E-state index is -2.93. The Morgan fingerprint density at radius 1 is 1.65 bits per heavy atom. The molecule has 1 fully saturated rings. The second-order valence-electron chi connectivity index (χ2n) is 4.93. The van der Waals surface area contributed by atoms with E-state index in [0.717, 1.165) is 5.56 Å². The predicted molar refractivity (Wildman–Crippen MR) is 75.3 cm³/mol. The Morgan fingerprint density at radius 3 is 3.05 bits per heavy atom. The van der Waals surface area contributed by atoms with Crippen LogP contribution in [0.3, 0.4) is 0 Å². The van der Waals surface area contributed by atoms with E-state index in [1.54, 1.807) is 12.3 Å². The number of hydrogen-bond donors (Lipinski definition) is 2. The number of aromatic nitrogens is 1. The molecule has 110 valence electrons. The van der Waals surface area contributed by atoms with Gasteiger partial charge in [0, 0.05) is 25.3 Å². The molecule has 0 aromatic carbocycles. The molecule has 0 amide bonds. The highest BCUT2D eigenvalue weighted by molar-refractivity contribution is 7.91. The number of sulfone groups is 1. The Morgan fingerprint density at radius 2 is 2.40 bits per heavy atom. The van der Waals surface area contributed by atoms with Gasteiger partial charge in [-0.1, -0.05) is 11.2 Å². The first-order valence-electron chi connectivity index (χ1n) is 6.29. The summed E-state index contributed by atoms with van der Waals surface area (Å²) in [6.45, 7) is 2.89. The molecule has 0 aliphatic carbocycles. The van der Waals surface area contributed by atoms with Crippen LogP contribution in [0.25, 0.3) is 0 Å². The molecule has 7 nitrogen and oxygen atoms in total. The van der Waals surface area contributed by atoms with Crippen LogP contribution < -0.4 is 5.73 Å². The highest BCUT2D eigenvalue weighted by Crippen LogP contribution is 2.16. The number of amidine groups is 1. The topological polar surface area (TPSA) is 109 Å². The van der Waals surface area contributed by atoms with E-state index >= 15 is 0 Å². The fourth-order valence-electron chi connectivity index (χ4n) is 2.33. The molecule has 0 spiro atoms. The molecule has 1 aliphatic rings. The van der Waals surface area contributed by atoms with Gasteiger partial charge in [-0.15, -0.1) is 0 Å². The molecule has 3 N–H and O–H groups in total. The maximum Gasteiger partial charge on any atom is 0.189 e. The summed E-state index contributed by atoms with van der Waals surface area (Å²) in [5.74, 6) is 0.278. The summed E-state index contributed by atoms with van der Waals surface area (Å²) in [6, 6.07) is 3.56. The van der Waals surface area contributed by atoms with E-state index in [-0.39, 0.29) is 23.4 Å². The summed E-state index contributed by atoms with van der Waals surface area (Å²) in [5, 5.41) is 11.7. The van der Waals surface area contributed by atoms with Gasteiger partial charge in [-0.3, -0.25) is 9.88 Å². The number of pyridine rings is 1. The number of nitrogens with zero attached hydrogens (tertiary/aromatic N) is 3. The van der Waals surface area contributed by atoms with Crippen molar-refractivity contribution in [2.75, 3.05) is 18.1 Å². The Labute approximate surface area is 118 Å². The van der Waals surface area contributed by atoms with Crippen LogP contribution in [0.2, 0.25) is 0 Å². The summed E-state index contributed by atoms with van der Waals surface area (Å²) in [6.07, 6.45) is 1.57. The van der Waals surface area contributed by atoms with E-state index in [4.69, 9.17) is 10.9 Å². The van der Waals surface area contributed by atoms with Crippen LogP contribution in [0.4, 0.5) is 0 Å². The molecule has 0 saturated carbocycles. The van der Waals surface area contributed by atoms with E-state index in [1.165, 1.54) is 0 Å². The molecule has 2 heterocycles. The van der Waals surface area contributed by atoms with Crippen molar-refractivity contribution in [3.63, 3.8) is 0 Å². The minimum Gasteiger partial charge on any atom is -0.409 e. The molecule has 0 bridgehead atoms. The zero-order valence-electron chi connectivity index (χ0n) is 11.2. The van der Waals surface area contributed by atoms with Crippen molar-refractivity contribution in [3.8, 4) is 0 Å². The van der Waals surface area contributed by atoms with Gasteiger partial charge in [0.15, 0.2) is 15.7 Å². The molecule has 1 aromatic heterocycles. The zero-order valence-corrected chi connectivity index (χ0v) is 12.0. The SMILES string of the molecule is CC1CS(=O)(=O)CCN1Cc1cccnc1/C(N)=N/O. The molecular weight excluding hydrogens is 280 g/mol. The summed E-state index contributed by atoms with van der Waals surface area (Å²) >= 11 is 0.